The van der Waals surface area contributed by atoms with Gasteiger partial charge in [-0.2, -0.15) is 0 Å². The number of phenolic OH excluding ortho intramolecular Hbond substituents is 1. The molecule has 2 rings (SSSR count). The van der Waals surface area contributed by atoms with Crippen LogP contribution in [0.3, 0.4) is 0 Å². The predicted molar refractivity (Wildman–Crippen MR) is 96.4 cm³/mol. The Morgan fingerprint density at radius 3 is 2.52 bits per heavy atom. The van der Waals surface area contributed by atoms with E-state index in [2.05, 4.69) is 10.6 Å². The Bertz CT molecular complexity index is 769. The fourth-order valence-corrected chi connectivity index (χ4v) is 2.05. The molecular formula is C19H20N2O4. The van der Waals surface area contributed by atoms with Crippen LogP contribution < -0.4 is 15.4 Å². The average molecular weight is 340 g/mol. The molecule has 1 atom stereocenters. The molecule has 0 bridgehead atoms. The number of nitrogens with one attached hydrogen (secondary N) is 2. The molecule has 2 aromatic rings. The summed E-state index contributed by atoms with van der Waals surface area (Å²) in [6.45, 7) is 1.58. The number of rotatable bonds is 6. The van der Waals surface area contributed by atoms with Gasteiger partial charge in [-0.3, -0.25) is 9.59 Å². The molecule has 0 heterocycles. The molecule has 2 amide bonds. The predicted octanol–water partition coefficient (Wildman–Crippen LogP) is 2.56. The number of benzene rings is 2. The fraction of sp³-hybridized carbons (Fsp3) is 0.158. The molecule has 0 aliphatic rings. The summed E-state index contributed by atoms with van der Waals surface area (Å²) in [5.41, 5.74) is 1.30. The Kier molecular flexibility index (Phi) is 6.17. The lowest BCUT2D eigenvalue weighted by molar-refractivity contribution is -0.123. The van der Waals surface area contributed by atoms with Crippen LogP contribution in [-0.2, 0) is 9.59 Å². The van der Waals surface area contributed by atoms with Gasteiger partial charge >= 0.3 is 0 Å². The zero-order valence-corrected chi connectivity index (χ0v) is 14.0. The minimum atomic E-state index is -0.727. The van der Waals surface area contributed by atoms with Crippen molar-refractivity contribution in [1.82, 2.24) is 5.32 Å². The van der Waals surface area contributed by atoms with E-state index in [9.17, 15) is 14.7 Å². The summed E-state index contributed by atoms with van der Waals surface area (Å²) in [6, 6.07) is 12.7. The molecule has 0 spiro atoms. The number of carbonyl (C=O) groups excluding carboxylic acids is 2. The van der Waals surface area contributed by atoms with Crippen molar-refractivity contribution in [3.8, 4) is 11.5 Å². The van der Waals surface area contributed by atoms with E-state index >= 15 is 0 Å². The molecule has 0 aromatic heterocycles. The smallest absolute Gasteiger partial charge is 0.246 e. The molecule has 0 aliphatic heterocycles. The second kappa shape index (κ2) is 8.54. The molecule has 130 valence electrons. The van der Waals surface area contributed by atoms with E-state index in [1.807, 2.05) is 12.1 Å². The minimum Gasteiger partial charge on any atom is -0.508 e. The van der Waals surface area contributed by atoms with E-state index in [-0.39, 0.29) is 17.6 Å². The van der Waals surface area contributed by atoms with E-state index in [4.69, 9.17) is 4.74 Å². The molecular weight excluding hydrogens is 320 g/mol. The Morgan fingerprint density at radius 2 is 1.88 bits per heavy atom. The Hall–Kier alpha value is -3.28. The van der Waals surface area contributed by atoms with Gasteiger partial charge in [-0.15, -0.1) is 0 Å². The highest BCUT2D eigenvalue weighted by atomic mass is 16.5. The van der Waals surface area contributed by atoms with E-state index in [1.165, 1.54) is 18.2 Å². The maximum atomic E-state index is 12.1. The number of anilines is 1. The lowest BCUT2D eigenvalue weighted by Crippen LogP contribution is -2.40. The molecule has 0 aliphatic carbocycles. The number of hydrogen-bond acceptors (Lipinski definition) is 4. The highest BCUT2D eigenvalue weighted by Gasteiger charge is 2.14. The fourth-order valence-electron chi connectivity index (χ4n) is 2.05. The van der Waals surface area contributed by atoms with Gasteiger partial charge in [-0.1, -0.05) is 18.2 Å². The van der Waals surface area contributed by atoms with Crippen molar-refractivity contribution in [2.75, 3.05) is 12.4 Å². The van der Waals surface area contributed by atoms with Crippen LogP contribution in [0.2, 0.25) is 0 Å². The van der Waals surface area contributed by atoms with Gasteiger partial charge in [0.05, 0.1) is 7.11 Å². The standard InChI is InChI=1S/C19H20N2O4/c1-13(19(24)21-15-4-3-5-16(22)12-15)20-18(23)11-8-14-6-9-17(25-2)10-7-14/h3-13,22H,1-2H3,(H,20,23)(H,21,24)/b11-8+. The van der Waals surface area contributed by atoms with Crippen molar-refractivity contribution in [2.24, 2.45) is 0 Å². The number of hydrogen-bond donors (Lipinski definition) is 3. The van der Waals surface area contributed by atoms with Crippen LogP contribution in [0.4, 0.5) is 5.69 Å². The van der Waals surface area contributed by atoms with Gasteiger partial charge in [0, 0.05) is 17.8 Å². The SMILES string of the molecule is COc1ccc(/C=C/C(=O)NC(C)C(=O)Nc2cccc(O)c2)cc1. The number of amides is 2. The summed E-state index contributed by atoms with van der Waals surface area (Å²) in [6.07, 6.45) is 3.01. The number of methoxy groups -OCH3 is 1. The van der Waals surface area contributed by atoms with Gasteiger partial charge in [0.2, 0.25) is 11.8 Å². The van der Waals surface area contributed by atoms with Gasteiger partial charge in [0.1, 0.15) is 17.5 Å². The number of ether oxygens (including phenoxy) is 1. The lowest BCUT2D eigenvalue weighted by atomic mass is 10.2. The van der Waals surface area contributed by atoms with Crippen LogP contribution in [0.15, 0.2) is 54.6 Å². The quantitative estimate of drug-likeness (QED) is 0.705. The first-order chi connectivity index (χ1) is 12.0. The van der Waals surface area contributed by atoms with Crippen molar-refractivity contribution in [2.45, 2.75) is 13.0 Å². The maximum Gasteiger partial charge on any atom is 0.246 e. The molecule has 0 fully saturated rings. The highest BCUT2D eigenvalue weighted by Crippen LogP contribution is 2.15. The van der Waals surface area contributed by atoms with Crippen LogP contribution in [0, 0.1) is 0 Å². The zero-order valence-electron chi connectivity index (χ0n) is 14.0. The van der Waals surface area contributed by atoms with Crippen molar-refractivity contribution in [1.29, 1.82) is 0 Å². The molecule has 1 unspecified atom stereocenters. The minimum absolute atomic E-state index is 0.0527. The molecule has 6 heteroatoms. The molecule has 0 saturated heterocycles. The monoisotopic (exact) mass is 340 g/mol. The summed E-state index contributed by atoms with van der Waals surface area (Å²) in [5.74, 6) is 0.0296. The summed E-state index contributed by atoms with van der Waals surface area (Å²) in [7, 11) is 1.58. The van der Waals surface area contributed by atoms with E-state index < -0.39 is 6.04 Å². The Labute approximate surface area is 146 Å². The summed E-state index contributed by atoms with van der Waals surface area (Å²) < 4.78 is 5.07. The van der Waals surface area contributed by atoms with Crippen molar-refractivity contribution >= 4 is 23.6 Å². The molecule has 25 heavy (non-hydrogen) atoms. The van der Waals surface area contributed by atoms with Crippen LogP contribution in [0.5, 0.6) is 11.5 Å². The average Bonchev–Trinajstić information content (AvgIpc) is 2.60. The summed E-state index contributed by atoms with van der Waals surface area (Å²) >= 11 is 0. The lowest BCUT2D eigenvalue weighted by Gasteiger charge is -2.13. The van der Waals surface area contributed by atoms with Gasteiger partial charge in [0.25, 0.3) is 0 Å². The van der Waals surface area contributed by atoms with E-state index in [1.54, 1.807) is 44.4 Å². The first-order valence-electron chi connectivity index (χ1n) is 7.70. The molecule has 3 N–H and O–H groups in total. The second-order valence-electron chi connectivity index (χ2n) is 5.38. The molecule has 0 radical (unpaired) electrons. The Balaban J connectivity index is 1.87. The maximum absolute atomic E-state index is 12.1. The molecule has 0 saturated carbocycles. The van der Waals surface area contributed by atoms with E-state index in [0.29, 0.717) is 5.69 Å². The highest BCUT2D eigenvalue weighted by molar-refractivity contribution is 5.99. The van der Waals surface area contributed by atoms with Crippen LogP contribution in [0.25, 0.3) is 6.08 Å². The van der Waals surface area contributed by atoms with Gasteiger partial charge in [-0.25, -0.2) is 0 Å². The third kappa shape index (κ3) is 5.69. The van der Waals surface area contributed by atoms with Gasteiger partial charge in [0.15, 0.2) is 0 Å². The topological polar surface area (TPSA) is 87.7 Å². The van der Waals surface area contributed by atoms with Crippen molar-refractivity contribution in [3.05, 3.63) is 60.2 Å². The van der Waals surface area contributed by atoms with Crippen LogP contribution >= 0.6 is 0 Å². The normalized spacial score (nSPS) is 11.8. The van der Waals surface area contributed by atoms with Crippen molar-refractivity contribution < 1.29 is 19.4 Å². The van der Waals surface area contributed by atoms with Crippen LogP contribution in [0.1, 0.15) is 12.5 Å². The van der Waals surface area contributed by atoms with Crippen molar-refractivity contribution in [3.63, 3.8) is 0 Å². The number of carbonyl (C=O) groups is 2. The first-order valence-corrected chi connectivity index (χ1v) is 7.70. The third-order valence-corrected chi connectivity index (χ3v) is 3.41. The van der Waals surface area contributed by atoms with Crippen LogP contribution in [-0.4, -0.2) is 30.1 Å². The number of phenols is 1. The van der Waals surface area contributed by atoms with Gasteiger partial charge in [-0.05, 0) is 42.8 Å². The Morgan fingerprint density at radius 1 is 1.16 bits per heavy atom. The number of aromatic hydroxyl groups is 1. The second-order valence-corrected chi connectivity index (χ2v) is 5.38. The van der Waals surface area contributed by atoms with Gasteiger partial charge < -0.3 is 20.5 Å². The summed E-state index contributed by atoms with van der Waals surface area (Å²) in [4.78, 5) is 24.0. The first kappa shape index (κ1) is 18.1. The molecule has 6 nitrogen and oxygen atoms in total. The largest absolute Gasteiger partial charge is 0.508 e. The van der Waals surface area contributed by atoms with E-state index in [0.717, 1.165) is 11.3 Å². The third-order valence-electron chi connectivity index (χ3n) is 3.41. The summed E-state index contributed by atoms with van der Waals surface area (Å²) in [5, 5.41) is 14.6. The molecule has 2 aromatic carbocycles. The zero-order chi connectivity index (χ0) is 18.2.